The summed E-state index contributed by atoms with van der Waals surface area (Å²) in [6.45, 7) is 7.42. The first-order valence-electron chi connectivity index (χ1n) is 9.00. The number of nitrogens with zero attached hydrogens (tertiary/aromatic N) is 1. The number of nitrogens with one attached hydrogen (secondary N) is 2. The van der Waals surface area contributed by atoms with Gasteiger partial charge in [0, 0.05) is 26.7 Å². The van der Waals surface area contributed by atoms with Gasteiger partial charge in [0.05, 0.1) is 12.9 Å². The van der Waals surface area contributed by atoms with Gasteiger partial charge in [-0.25, -0.2) is 0 Å². The van der Waals surface area contributed by atoms with Crippen LogP contribution in [0.2, 0.25) is 0 Å². The third-order valence-electron chi connectivity index (χ3n) is 3.81. The van der Waals surface area contributed by atoms with E-state index in [2.05, 4.69) is 34.7 Å². The van der Waals surface area contributed by atoms with Gasteiger partial charge in [-0.3, -0.25) is 4.99 Å². The van der Waals surface area contributed by atoms with Crippen LogP contribution in [-0.2, 0) is 17.9 Å². The lowest BCUT2D eigenvalue weighted by Crippen LogP contribution is -2.37. The number of hydrogen-bond acceptors (Lipinski definition) is 4. The minimum atomic E-state index is 0. The van der Waals surface area contributed by atoms with Gasteiger partial charge in [-0.1, -0.05) is 12.1 Å². The molecule has 0 bridgehead atoms. The molecule has 27 heavy (non-hydrogen) atoms. The van der Waals surface area contributed by atoms with Crippen molar-refractivity contribution in [1.29, 1.82) is 0 Å². The van der Waals surface area contributed by atoms with Gasteiger partial charge in [-0.15, -0.1) is 24.0 Å². The van der Waals surface area contributed by atoms with Crippen molar-refractivity contribution >= 4 is 29.9 Å². The average Bonchev–Trinajstić information content (AvgIpc) is 3.16. The number of guanidine groups is 1. The minimum absolute atomic E-state index is 0. The lowest BCUT2D eigenvalue weighted by molar-refractivity contribution is 0.105. The van der Waals surface area contributed by atoms with Crippen molar-refractivity contribution in [2.75, 3.05) is 26.8 Å². The van der Waals surface area contributed by atoms with E-state index < -0.39 is 0 Å². The van der Waals surface area contributed by atoms with Gasteiger partial charge in [0.1, 0.15) is 18.1 Å². The summed E-state index contributed by atoms with van der Waals surface area (Å²) in [4.78, 5) is 4.24. The number of benzene rings is 1. The molecule has 2 rings (SSSR count). The molecule has 0 aliphatic rings. The molecular formula is C20H30IN3O3. The second-order valence-electron chi connectivity index (χ2n) is 5.87. The summed E-state index contributed by atoms with van der Waals surface area (Å²) >= 11 is 0. The smallest absolute Gasteiger partial charge is 0.191 e. The fourth-order valence-electron chi connectivity index (χ4n) is 2.49. The highest BCUT2D eigenvalue weighted by atomic mass is 127. The standard InChI is InChI=1S/C20H29N3O3.HI/c1-4-25-19-9-8-17(13-16(19)2)14-23-20(21-3)22-10-6-11-24-15-18-7-5-12-26-18;/h5,7-9,12-13H,4,6,10-11,14-15H2,1-3H3,(H2,21,22,23);1H. The Bertz CT molecular complexity index is 675. The van der Waals surface area contributed by atoms with Crippen molar-refractivity contribution in [1.82, 2.24) is 10.6 Å². The Labute approximate surface area is 178 Å². The Morgan fingerprint density at radius 2 is 2.07 bits per heavy atom. The van der Waals surface area contributed by atoms with Gasteiger partial charge < -0.3 is 24.5 Å². The van der Waals surface area contributed by atoms with E-state index in [9.17, 15) is 0 Å². The van der Waals surface area contributed by atoms with E-state index >= 15 is 0 Å². The molecule has 0 aliphatic heterocycles. The highest BCUT2D eigenvalue weighted by Gasteiger charge is 2.02. The van der Waals surface area contributed by atoms with Crippen molar-refractivity contribution in [2.45, 2.75) is 33.4 Å². The van der Waals surface area contributed by atoms with Crippen LogP contribution in [0.5, 0.6) is 5.75 Å². The van der Waals surface area contributed by atoms with E-state index in [1.807, 2.05) is 25.1 Å². The lowest BCUT2D eigenvalue weighted by atomic mass is 10.1. The van der Waals surface area contributed by atoms with Gasteiger partial charge in [-0.05, 0) is 49.6 Å². The number of halogens is 1. The molecule has 150 valence electrons. The maximum atomic E-state index is 5.57. The van der Waals surface area contributed by atoms with E-state index in [1.165, 1.54) is 5.56 Å². The monoisotopic (exact) mass is 487 g/mol. The first kappa shape index (κ1) is 23.3. The molecule has 0 saturated carbocycles. The first-order valence-corrected chi connectivity index (χ1v) is 9.00. The topological polar surface area (TPSA) is 68.0 Å². The Morgan fingerprint density at radius 3 is 2.74 bits per heavy atom. The second-order valence-corrected chi connectivity index (χ2v) is 5.87. The number of aliphatic imine (C=N–C) groups is 1. The molecule has 0 unspecified atom stereocenters. The molecule has 0 radical (unpaired) electrons. The molecule has 0 saturated heterocycles. The molecule has 1 heterocycles. The Morgan fingerprint density at radius 1 is 1.22 bits per heavy atom. The third-order valence-corrected chi connectivity index (χ3v) is 3.81. The number of furan rings is 1. The summed E-state index contributed by atoms with van der Waals surface area (Å²) in [5, 5.41) is 6.61. The predicted octanol–water partition coefficient (Wildman–Crippen LogP) is 3.88. The van der Waals surface area contributed by atoms with Crippen LogP contribution in [0.25, 0.3) is 0 Å². The molecular weight excluding hydrogens is 457 g/mol. The minimum Gasteiger partial charge on any atom is -0.494 e. The molecule has 2 N–H and O–H groups in total. The summed E-state index contributed by atoms with van der Waals surface area (Å²) in [6, 6.07) is 9.99. The number of ether oxygens (including phenoxy) is 2. The van der Waals surface area contributed by atoms with Crippen LogP contribution in [-0.4, -0.2) is 32.8 Å². The zero-order chi connectivity index (χ0) is 18.6. The fourth-order valence-corrected chi connectivity index (χ4v) is 2.49. The first-order chi connectivity index (χ1) is 12.7. The van der Waals surface area contributed by atoms with Crippen molar-refractivity contribution in [3.8, 4) is 5.75 Å². The van der Waals surface area contributed by atoms with Crippen molar-refractivity contribution in [3.63, 3.8) is 0 Å². The van der Waals surface area contributed by atoms with E-state index in [4.69, 9.17) is 13.9 Å². The van der Waals surface area contributed by atoms with Crippen LogP contribution in [0.1, 0.15) is 30.2 Å². The van der Waals surface area contributed by atoms with Crippen molar-refractivity contribution < 1.29 is 13.9 Å². The summed E-state index contributed by atoms with van der Waals surface area (Å²) in [7, 11) is 1.77. The summed E-state index contributed by atoms with van der Waals surface area (Å²) in [6.07, 6.45) is 2.55. The molecule has 0 spiro atoms. The summed E-state index contributed by atoms with van der Waals surface area (Å²) in [5.74, 6) is 2.57. The van der Waals surface area contributed by atoms with E-state index in [0.29, 0.717) is 26.4 Å². The van der Waals surface area contributed by atoms with E-state index in [-0.39, 0.29) is 24.0 Å². The molecule has 7 heteroatoms. The SMILES string of the molecule is CCOc1ccc(CNC(=NC)NCCCOCc2ccco2)cc1C.I. The van der Waals surface area contributed by atoms with Gasteiger partial charge in [-0.2, -0.15) is 0 Å². The average molecular weight is 487 g/mol. The Balaban J connectivity index is 0.00000364. The second kappa shape index (κ2) is 13.4. The van der Waals surface area contributed by atoms with Gasteiger partial charge in [0.2, 0.25) is 0 Å². The van der Waals surface area contributed by atoms with Crippen LogP contribution in [0, 0.1) is 6.92 Å². The molecule has 0 aliphatic carbocycles. The molecule has 0 amide bonds. The van der Waals surface area contributed by atoms with Crippen LogP contribution in [0.15, 0.2) is 46.0 Å². The molecule has 0 fully saturated rings. The maximum absolute atomic E-state index is 5.57. The number of rotatable bonds is 10. The van der Waals surface area contributed by atoms with Gasteiger partial charge in [0.25, 0.3) is 0 Å². The van der Waals surface area contributed by atoms with E-state index in [0.717, 1.165) is 36.0 Å². The molecule has 2 aromatic rings. The van der Waals surface area contributed by atoms with Crippen LogP contribution in [0.3, 0.4) is 0 Å². The molecule has 1 aromatic carbocycles. The van der Waals surface area contributed by atoms with Gasteiger partial charge >= 0.3 is 0 Å². The predicted molar refractivity (Wildman–Crippen MR) is 119 cm³/mol. The Kier molecular flexibility index (Phi) is 11.6. The van der Waals surface area contributed by atoms with Gasteiger partial charge in [0.15, 0.2) is 5.96 Å². The van der Waals surface area contributed by atoms with E-state index in [1.54, 1.807) is 13.3 Å². The largest absolute Gasteiger partial charge is 0.494 e. The van der Waals surface area contributed by atoms with Crippen LogP contribution < -0.4 is 15.4 Å². The van der Waals surface area contributed by atoms with Crippen LogP contribution >= 0.6 is 24.0 Å². The number of hydrogen-bond donors (Lipinski definition) is 2. The highest BCUT2D eigenvalue weighted by molar-refractivity contribution is 14.0. The van der Waals surface area contributed by atoms with Crippen molar-refractivity contribution in [3.05, 3.63) is 53.5 Å². The zero-order valence-electron chi connectivity index (χ0n) is 16.3. The maximum Gasteiger partial charge on any atom is 0.191 e. The quantitative estimate of drug-likeness (QED) is 0.231. The van der Waals surface area contributed by atoms with Crippen molar-refractivity contribution in [2.24, 2.45) is 4.99 Å². The fraction of sp³-hybridized carbons (Fsp3) is 0.450. The van der Waals surface area contributed by atoms with Crippen LogP contribution in [0.4, 0.5) is 0 Å². The highest BCUT2D eigenvalue weighted by Crippen LogP contribution is 2.18. The lowest BCUT2D eigenvalue weighted by Gasteiger charge is -2.13. The Hall–Kier alpha value is -1.74. The molecule has 0 atom stereocenters. The molecule has 1 aromatic heterocycles. The normalized spacial score (nSPS) is 11.0. The summed E-state index contributed by atoms with van der Waals surface area (Å²) < 4.78 is 16.4. The molecule has 6 nitrogen and oxygen atoms in total. The summed E-state index contributed by atoms with van der Waals surface area (Å²) in [5.41, 5.74) is 2.33. The third kappa shape index (κ3) is 8.66. The zero-order valence-corrected chi connectivity index (χ0v) is 18.6. The number of aryl methyl sites for hydroxylation is 1.